The van der Waals surface area contributed by atoms with Crippen molar-refractivity contribution in [3.8, 4) is 0 Å². The number of para-hydroxylation sites is 1. The number of aryl methyl sites for hydroxylation is 1. The van der Waals surface area contributed by atoms with Crippen molar-refractivity contribution in [3.05, 3.63) is 68.8 Å². The zero-order chi connectivity index (χ0) is 14.3. The van der Waals surface area contributed by atoms with Gasteiger partial charge in [0.05, 0.1) is 5.02 Å². The van der Waals surface area contributed by atoms with Crippen LogP contribution in [0.1, 0.15) is 23.0 Å². The maximum absolute atomic E-state index is 10.4. The Balaban J connectivity index is 2.05. The topological polar surface area (TPSA) is 33.4 Å². The zero-order valence-electron chi connectivity index (χ0n) is 10.7. The van der Waals surface area contributed by atoms with Gasteiger partial charge in [0.2, 0.25) is 0 Å². The molecule has 0 spiro atoms. The summed E-state index contributed by atoms with van der Waals surface area (Å²) in [5, 5.41) is 11.9. The normalized spacial score (nSPS) is 12.8. The Bertz CT molecular complexity index is 779. The molecule has 20 heavy (non-hydrogen) atoms. The largest absolute Gasteiger partial charge is 0.456 e. The molecule has 0 saturated carbocycles. The Labute approximate surface area is 130 Å². The first-order chi connectivity index (χ1) is 9.56. The van der Waals surface area contributed by atoms with Crippen LogP contribution in [-0.2, 0) is 0 Å². The molecule has 1 aromatic heterocycles. The highest BCUT2D eigenvalue weighted by Crippen LogP contribution is 2.33. The van der Waals surface area contributed by atoms with Crippen LogP contribution in [0.5, 0.6) is 0 Å². The van der Waals surface area contributed by atoms with Crippen molar-refractivity contribution in [1.82, 2.24) is 0 Å². The van der Waals surface area contributed by atoms with Gasteiger partial charge in [0.25, 0.3) is 0 Å². The summed E-state index contributed by atoms with van der Waals surface area (Å²) < 4.78 is 6.65. The minimum atomic E-state index is -0.810. The molecule has 3 aromatic rings. The number of halogens is 2. The third-order valence-corrected chi connectivity index (χ3v) is 4.45. The Morgan fingerprint density at radius 1 is 1.20 bits per heavy atom. The maximum atomic E-state index is 10.4. The van der Waals surface area contributed by atoms with Crippen LogP contribution in [0.15, 0.2) is 51.4 Å². The van der Waals surface area contributed by atoms with Gasteiger partial charge in [0.15, 0.2) is 5.58 Å². The lowest BCUT2D eigenvalue weighted by Gasteiger charge is -2.09. The number of rotatable bonds is 2. The monoisotopic (exact) mass is 350 g/mol. The van der Waals surface area contributed by atoms with Gasteiger partial charge in [0.1, 0.15) is 11.9 Å². The summed E-state index contributed by atoms with van der Waals surface area (Å²) in [5.74, 6) is 0.490. The predicted octanol–water partition coefficient (Wildman–Crippen LogP) is 5.24. The first-order valence-corrected chi connectivity index (χ1v) is 7.35. The number of hydrogen-bond acceptors (Lipinski definition) is 2. The van der Waals surface area contributed by atoms with Crippen molar-refractivity contribution < 1.29 is 9.52 Å². The molecule has 0 fully saturated rings. The molecule has 3 rings (SSSR count). The lowest BCUT2D eigenvalue weighted by Crippen LogP contribution is -1.98. The van der Waals surface area contributed by atoms with E-state index in [2.05, 4.69) is 15.9 Å². The average molecular weight is 352 g/mol. The van der Waals surface area contributed by atoms with Crippen molar-refractivity contribution in [1.29, 1.82) is 0 Å². The average Bonchev–Trinajstić information content (AvgIpc) is 2.86. The van der Waals surface area contributed by atoms with Crippen LogP contribution in [0.3, 0.4) is 0 Å². The van der Waals surface area contributed by atoms with E-state index in [9.17, 15) is 5.11 Å². The third-order valence-electron chi connectivity index (χ3n) is 3.30. The molecule has 1 atom stereocenters. The summed E-state index contributed by atoms with van der Waals surface area (Å²) in [6.45, 7) is 2.00. The Morgan fingerprint density at radius 3 is 2.70 bits per heavy atom. The molecule has 2 nitrogen and oxygen atoms in total. The van der Waals surface area contributed by atoms with E-state index in [4.69, 9.17) is 16.0 Å². The highest BCUT2D eigenvalue weighted by atomic mass is 79.9. The number of fused-ring (bicyclic) bond motifs is 1. The molecule has 0 radical (unpaired) electrons. The van der Waals surface area contributed by atoms with Crippen LogP contribution in [0.25, 0.3) is 11.0 Å². The predicted molar refractivity (Wildman–Crippen MR) is 84.2 cm³/mol. The fourth-order valence-electron chi connectivity index (χ4n) is 2.13. The number of hydrogen-bond donors (Lipinski definition) is 1. The summed E-state index contributed by atoms with van der Waals surface area (Å²) in [7, 11) is 0. The second-order valence-corrected chi connectivity index (χ2v) is 5.98. The van der Waals surface area contributed by atoms with E-state index in [1.54, 1.807) is 6.07 Å². The molecular weight excluding hydrogens is 340 g/mol. The first kappa shape index (κ1) is 13.7. The molecule has 1 N–H and O–H groups in total. The van der Waals surface area contributed by atoms with Gasteiger partial charge in [-0.1, -0.05) is 51.8 Å². The zero-order valence-corrected chi connectivity index (χ0v) is 13.1. The summed E-state index contributed by atoms with van der Waals surface area (Å²) in [5.41, 5.74) is 2.50. The van der Waals surface area contributed by atoms with Crippen molar-refractivity contribution in [2.75, 3.05) is 0 Å². The molecule has 1 heterocycles. The number of furan rings is 1. The third kappa shape index (κ3) is 2.37. The van der Waals surface area contributed by atoms with Gasteiger partial charge in [0, 0.05) is 9.86 Å². The van der Waals surface area contributed by atoms with E-state index in [1.165, 1.54) is 0 Å². The quantitative estimate of drug-likeness (QED) is 0.685. The molecule has 0 saturated heterocycles. The molecule has 0 amide bonds. The van der Waals surface area contributed by atoms with Gasteiger partial charge in [-0.2, -0.15) is 0 Å². The van der Waals surface area contributed by atoms with E-state index in [0.29, 0.717) is 16.4 Å². The minimum Gasteiger partial charge on any atom is -0.456 e. The molecule has 0 aliphatic heterocycles. The van der Waals surface area contributed by atoms with Crippen molar-refractivity contribution in [3.63, 3.8) is 0 Å². The van der Waals surface area contributed by atoms with Gasteiger partial charge in [-0.05, 0) is 36.2 Å². The van der Waals surface area contributed by atoms with Crippen LogP contribution in [-0.4, -0.2) is 5.11 Å². The molecule has 0 bridgehead atoms. The smallest absolute Gasteiger partial charge is 0.153 e. The van der Waals surface area contributed by atoms with Crippen LogP contribution in [0.4, 0.5) is 0 Å². The van der Waals surface area contributed by atoms with E-state index in [-0.39, 0.29) is 0 Å². The van der Waals surface area contributed by atoms with Gasteiger partial charge < -0.3 is 9.52 Å². The maximum Gasteiger partial charge on any atom is 0.153 e. The molecule has 1 unspecified atom stereocenters. The van der Waals surface area contributed by atoms with E-state index >= 15 is 0 Å². The van der Waals surface area contributed by atoms with Gasteiger partial charge in [-0.15, -0.1) is 0 Å². The number of aliphatic hydroxyl groups excluding tert-OH is 1. The molecule has 2 aromatic carbocycles. The van der Waals surface area contributed by atoms with Crippen LogP contribution >= 0.6 is 27.5 Å². The lowest BCUT2D eigenvalue weighted by atomic mass is 10.1. The fraction of sp³-hybridized carbons (Fsp3) is 0.125. The molecule has 0 aliphatic carbocycles. The van der Waals surface area contributed by atoms with E-state index in [1.807, 2.05) is 43.3 Å². The van der Waals surface area contributed by atoms with Gasteiger partial charge in [-0.3, -0.25) is 0 Å². The van der Waals surface area contributed by atoms with Crippen molar-refractivity contribution in [2.24, 2.45) is 0 Å². The SMILES string of the molecule is Cc1ccc(C(O)c2cc3cccc(Cl)c3o2)cc1Br. The minimum absolute atomic E-state index is 0.490. The van der Waals surface area contributed by atoms with E-state index < -0.39 is 6.10 Å². The Hall–Kier alpha value is -1.29. The van der Waals surface area contributed by atoms with Crippen molar-refractivity contribution in [2.45, 2.75) is 13.0 Å². The lowest BCUT2D eigenvalue weighted by molar-refractivity contribution is 0.192. The van der Waals surface area contributed by atoms with Crippen LogP contribution in [0.2, 0.25) is 5.02 Å². The standard InChI is InChI=1S/C16H12BrClO2/c1-9-5-6-10(7-12(9)17)15(19)14-8-11-3-2-4-13(18)16(11)20-14/h2-8,15,19H,1H3. The number of aliphatic hydroxyl groups is 1. The highest BCUT2D eigenvalue weighted by molar-refractivity contribution is 9.10. The first-order valence-electron chi connectivity index (χ1n) is 6.18. The molecule has 0 aliphatic rings. The fourth-order valence-corrected chi connectivity index (χ4v) is 2.74. The van der Waals surface area contributed by atoms with Crippen LogP contribution < -0.4 is 0 Å². The Kier molecular flexibility index (Phi) is 3.59. The molecule has 4 heteroatoms. The van der Waals surface area contributed by atoms with E-state index in [0.717, 1.165) is 21.0 Å². The summed E-state index contributed by atoms with van der Waals surface area (Å²) >= 11 is 9.55. The highest BCUT2D eigenvalue weighted by Gasteiger charge is 2.17. The second-order valence-electron chi connectivity index (χ2n) is 4.72. The van der Waals surface area contributed by atoms with Crippen molar-refractivity contribution >= 4 is 38.5 Å². The van der Waals surface area contributed by atoms with Crippen LogP contribution in [0, 0.1) is 6.92 Å². The number of benzene rings is 2. The second kappa shape index (κ2) is 5.24. The van der Waals surface area contributed by atoms with Gasteiger partial charge >= 0.3 is 0 Å². The summed E-state index contributed by atoms with van der Waals surface area (Å²) in [6.07, 6.45) is -0.810. The Morgan fingerprint density at radius 2 is 2.00 bits per heavy atom. The summed E-state index contributed by atoms with van der Waals surface area (Å²) in [6, 6.07) is 13.1. The van der Waals surface area contributed by atoms with Gasteiger partial charge in [-0.25, -0.2) is 0 Å². The molecular formula is C16H12BrClO2. The molecule has 102 valence electrons. The summed E-state index contributed by atoms with van der Waals surface area (Å²) in [4.78, 5) is 0.